The number of methoxy groups -OCH3 is 1. The van der Waals surface area contributed by atoms with Crippen molar-refractivity contribution >= 4 is 72.0 Å². The summed E-state index contributed by atoms with van der Waals surface area (Å²) in [4.78, 5) is 44.2. The SMILES string of the molecule is COCCOCCOCCOCCOCCN1c2cc3c(cc2C(C)=CC1(C)C)C(=CC=CC=CC1=[N+](CCCS(=O)(=O)O)c2ccc(S(=O)(=O)[O-])cc2C1(C)CCCC(=O)ON1C(=O)CCC1=O)C=C(c1ccccc1)O3.[Na+]. The van der Waals surface area contributed by atoms with Gasteiger partial charge in [-0.25, -0.2) is 13.2 Å². The molecule has 4 aliphatic rings. The van der Waals surface area contributed by atoms with Gasteiger partial charge < -0.3 is 42.7 Å². The average Bonchev–Trinajstić information content (AvgIpc) is 4.02. The molecule has 0 bridgehead atoms. The first kappa shape index (κ1) is 63.0. The molecule has 1 atom stereocenters. The normalized spacial score (nSPS) is 18.4. The number of hydrogen-bond acceptors (Lipinski definition) is 16. The second-order valence-corrected chi connectivity index (χ2v) is 22.8. The van der Waals surface area contributed by atoms with Crippen molar-refractivity contribution in [2.24, 2.45) is 0 Å². The van der Waals surface area contributed by atoms with Crippen LogP contribution in [0.4, 0.5) is 11.4 Å². The van der Waals surface area contributed by atoms with Crippen molar-refractivity contribution < 1.29 is 108 Å². The molecule has 0 radical (unpaired) electrons. The molecule has 420 valence electrons. The van der Waals surface area contributed by atoms with Crippen molar-refractivity contribution in [3.63, 3.8) is 0 Å². The van der Waals surface area contributed by atoms with E-state index in [-0.39, 0.29) is 80.2 Å². The Balaban J connectivity index is 0.0000101. The van der Waals surface area contributed by atoms with Gasteiger partial charge in [0, 0.05) is 85.5 Å². The van der Waals surface area contributed by atoms with E-state index in [9.17, 15) is 40.3 Å². The molecule has 0 spiro atoms. The fourth-order valence-corrected chi connectivity index (χ4v) is 11.0. The van der Waals surface area contributed by atoms with Gasteiger partial charge in [0.15, 0.2) is 5.71 Å². The fourth-order valence-electron chi connectivity index (χ4n) is 9.99. The zero-order valence-electron chi connectivity index (χ0n) is 45.8. The number of benzene rings is 3. The third-order valence-corrected chi connectivity index (χ3v) is 15.4. The smallest absolute Gasteiger partial charge is 0.744 e. The van der Waals surface area contributed by atoms with Crippen LogP contribution >= 0.6 is 0 Å². The number of hydrogen-bond donors (Lipinski definition) is 1. The van der Waals surface area contributed by atoms with E-state index in [2.05, 4.69) is 43.9 Å². The number of amides is 2. The van der Waals surface area contributed by atoms with Crippen LogP contribution in [0, 0.1) is 0 Å². The molecular formula is C57H69N3NaO16S2+. The zero-order chi connectivity index (χ0) is 56.1. The van der Waals surface area contributed by atoms with Crippen LogP contribution in [0.2, 0.25) is 0 Å². The van der Waals surface area contributed by atoms with Gasteiger partial charge in [0.1, 0.15) is 28.2 Å². The molecule has 22 heteroatoms. The van der Waals surface area contributed by atoms with Gasteiger partial charge in [-0.15, -0.1) is 5.06 Å². The van der Waals surface area contributed by atoms with E-state index >= 15 is 0 Å². The molecule has 0 saturated carbocycles. The number of carbonyl (C=O) groups excluding carboxylic acids is 3. The van der Waals surface area contributed by atoms with E-state index in [1.165, 1.54) is 18.2 Å². The molecule has 7 rings (SSSR count). The predicted octanol–water partition coefficient (Wildman–Crippen LogP) is 4.35. The molecule has 3 aromatic carbocycles. The van der Waals surface area contributed by atoms with Gasteiger partial charge in [-0.1, -0.05) is 60.7 Å². The van der Waals surface area contributed by atoms with Crippen LogP contribution in [0.25, 0.3) is 16.9 Å². The van der Waals surface area contributed by atoms with Crippen LogP contribution in [0.1, 0.15) is 88.5 Å². The van der Waals surface area contributed by atoms with Crippen molar-refractivity contribution in [1.29, 1.82) is 0 Å². The van der Waals surface area contributed by atoms with Gasteiger partial charge >= 0.3 is 35.5 Å². The first-order chi connectivity index (χ1) is 37.2. The third kappa shape index (κ3) is 16.7. The van der Waals surface area contributed by atoms with Crippen LogP contribution in [-0.4, -0.2) is 150 Å². The van der Waals surface area contributed by atoms with Gasteiger partial charge in [0.05, 0.1) is 81.1 Å². The Kier molecular flexibility index (Phi) is 22.8. The molecule has 0 aliphatic carbocycles. The Morgan fingerprint density at radius 3 is 2.10 bits per heavy atom. The predicted molar refractivity (Wildman–Crippen MR) is 292 cm³/mol. The van der Waals surface area contributed by atoms with Crippen molar-refractivity contribution in [1.82, 2.24) is 5.06 Å². The van der Waals surface area contributed by atoms with Crippen LogP contribution in [-0.2, 0) is 68.6 Å². The summed E-state index contributed by atoms with van der Waals surface area (Å²) in [7, 11) is -7.63. The van der Waals surface area contributed by atoms with E-state index in [0.29, 0.717) is 99.5 Å². The average molecular weight is 1140 g/mol. The van der Waals surface area contributed by atoms with Crippen LogP contribution in [0.15, 0.2) is 108 Å². The molecule has 4 aliphatic heterocycles. The molecule has 4 heterocycles. The second-order valence-electron chi connectivity index (χ2n) is 19.8. The Bertz CT molecular complexity index is 3100. The van der Waals surface area contributed by atoms with Crippen LogP contribution in [0.5, 0.6) is 5.75 Å². The number of fused-ring (bicyclic) bond motifs is 3. The minimum atomic E-state index is -4.92. The van der Waals surface area contributed by atoms with Gasteiger partial charge in [0.25, 0.3) is 21.9 Å². The topological polar surface area (TPSA) is 237 Å². The molecule has 19 nitrogen and oxygen atoms in total. The van der Waals surface area contributed by atoms with E-state index in [1.807, 2.05) is 66.1 Å². The molecule has 1 unspecified atom stereocenters. The number of carbonyl (C=O) groups is 3. The van der Waals surface area contributed by atoms with E-state index < -0.39 is 54.1 Å². The summed E-state index contributed by atoms with van der Waals surface area (Å²) in [6.07, 6.45) is 13.4. The summed E-state index contributed by atoms with van der Waals surface area (Å²) < 4.78 is 107. The van der Waals surface area contributed by atoms with Gasteiger partial charge in [-0.3, -0.25) is 14.1 Å². The van der Waals surface area contributed by atoms with E-state index in [1.54, 1.807) is 19.3 Å². The summed E-state index contributed by atoms with van der Waals surface area (Å²) in [5, 5.41) is 0.471. The monoisotopic (exact) mass is 1140 g/mol. The van der Waals surface area contributed by atoms with Crippen LogP contribution in [0.3, 0.4) is 0 Å². The van der Waals surface area contributed by atoms with Crippen molar-refractivity contribution in [2.45, 2.75) is 82.1 Å². The number of anilines is 1. The second kappa shape index (κ2) is 28.5. The summed E-state index contributed by atoms with van der Waals surface area (Å²) in [5.41, 5.74) is 5.86. The molecule has 3 aromatic rings. The first-order valence-corrected chi connectivity index (χ1v) is 28.9. The summed E-state index contributed by atoms with van der Waals surface area (Å²) in [6, 6.07) is 18.0. The summed E-state index contributed by atoms with van der Waals surface area (Å²) >= 11 is 0. The molecule has 1 fully saturated rings. The maximum Gasteiger partial charge on any atom is 1.00 e. The Morgan fingerprint density at radius 1 is 0.823 bits per heavy atom. The van der Waals surface area contributed by atoms with Crippen molar-refractivity contribution in [3.8, 4) is 5.75 Å². The molecule has 79 heavy (non-hydrogen) atoms. The Morgan fingerprint density at radius 2 is 1.47 bits per heavy atom. The zero-order valence-corrected chi connectivity index (χ0v) is 49.4. The van der Waals surface area contributed by atoms with Gasteiger partial charge in [-0.2, -0.15) is 13.0 Å². The number of imide groups is 1. The maximum atomic E-state index is 12.9. The minimum absolute atomic E-state index is 0. The maximum absolute atomic E-state index is 12.9. The fraction of sp³-hybridized carbons (Fsp3) is 0.439. The van der Waals surface area contributed by atoms with E-state index in [0.717, 1.165) is 33.5 Å². The molecule has 1 N–H and O–H groups in total. The van der Waals surface area contributed by atoms with Gasteiger partial charge in [-0.05, 0) is 76.0 Å². The quantitative estimate of drug-likeness (QED) is 0.0254. The Hall–Kier alpha value is -5.14. The molecule has 2 amide bonds. The number of nitrogens with zero attached hydrogens (tertiary/aromatic N) is 3. The number of allylic oxidation sites excluding steroid dienone is 8. The Labute approximate surface area is 485 Å². The van der Waals surface area contributed by atoms with Gasteiger partial charge in [0.2, 0.25) is 5.69 Å². The molecule has 1 saturated heterocycles. The molecule has 0 aromatic heterocycles. The molecular weight excluding hydrogens is 1070 g/mol. The van der Waals surface area contributed by atoms with Crippen LogP contribution < -0.4 is 39.2 Å². The number of hydroxylamine groups is 2. The number of ether oxygens (including phenoxy) is 6. The minimum Gasteiger partial charge on any atom is -0.744 e. The summed E-state index contributed by atoms with van der Waals surface area (Å²) in [6.45, 7) is 13.2. The summed E-state index contributed by atoms with van der Waals surface area (Å²) in [5.74, 6) is -1.31. The van der Waals surface area contributed by atoms with Crippen molar-refractivity contribution in [2.75, 3.05) is 90.3 Å². The number of rotatable bonds is 29. The largest absolute Gasteiger partial charge is 1.00 e. The van der Waals surface area contributed by atoms with Crippen molar-refractivity contribution in [3.05, 3.63) is 125 Å². The van der Waals surface area contributed by atoms with E-state index in [4.69, 9.17) is 33.3 Å². The standard InChI is InChI=1S/C57H69N3O16S2.Na/c1-41-40-56(2,3)59(25-26-71-29-30-73-33-34-74-32-31-72-28-27-70-5)49-39-51-46(38-45(41)49)43(36-50(75-51)42-14-8-6-9-15-42)16-10-7-11-17-52-57(4,23-12-18-55(63)76-60-53(61)21-22-54(60)62)47-37-44(78(67,68)69)19-20-48(47)58(52)24-13-35-77(64,65)66;/h6-11,14-17,19-20,36-40H,12-13,18,21-35H2,1-5H3,(H-,64,65,66,67,68,69);/q;+1. The first-order valence-electron chi connectivity index (χ1n) is 25.9. The third-order valence-electron chi connectivity index (χ3n) is 13.8.